The molecule has 2 rings (SSSR count). The van der Waals surface area contributed by atoms with E-state index in [9.17, 15) is 18.0 Å². The number of hydrogen-bond acceptors (Lipinski definition) is 3. The third-order valence-corrected chi connectivity index (χ3v) is 2.75. The van der Waals surface area contributed by atoms with E-state index >= 15 is 0 Å². The standard InChI is InChI=1S/C15H12F3N3O/c1-10(13-9-19-5-6-20-13)7-11-3-2-4-12(8-11)21-14(22)15(16,17)18/h2-9H,1H3,(H,21,22). The lowest BCUT2D eigenvalue weighted by atomic mass is 10.1. The lowest BCUT2D eigenvalue weighted by Crippen LogP contribution is -2.29. The van der Waals surface area contributed by atoms with Gasteiger partial charge in [0.1, 0.15) is 0 Å². The van der Waals surface area contributed by atoms with Crippen LogP contribution >= 0.6 is 0 Å². The maximum atomic E-state index is 12.2. The zero-order valence-corrected chi connectivity index (χ0v) is 11.6. The first kappa shape index (κ1) is 15.7. The molecule has 0 aliphatic heterocycles. The Labute approximate surface area is 124 Å². The zero-order valence-electron chi connectivity index (χ0n) is 11.6. The Hall–Kier alpha value is -2.70. The fourth-order valence-electron chi connectivity index (χ4n) is 1.73. The molecule has 0 atom stereocenters. The molecule has 1 aromatic carbocycles. The first-order valence-corrected chi connectivity index (χ1v) is 6.29. The predicted molar refractivity (Wildman–Crippen MR) is 76.7 cm³/mol. The molecule has 0 fully saturated rings. The SMILES string of the molecule is CC(=Cc1cccc(NC(=O)C(F)(F)F)c1)c1cnccn1. The molecular formula is C15H12F3N3O. The fourth-order valence-corrected chi connectivity index (χ4v) is 1.73. The Morgan fingerprint density at radius 1 is 1.27 bits per heavy atom. The quantitative estimate of drug-likeness (QED) is 0.943. The zero-order chi connectivity index (χ0) is 16.2. The minimum Gasteiger partial charge on any atom is -0.318 e. The van der Waals surface area contributed by atoms with E-state index < -0.39 is 12.1 Å². The summed E-state index contributed by atoms with van der Waals surface area (Å²) in [4.78, 5) is 19.0. The minimum atomic E-state index is -4.92. The van der Waals surface area contributed by atoms with Crippen LogP contribution in [-0.2, 0) is 4.79 Å². The van der Waals surface area contributed by atoms with Crippen LogP contribution in [0.25, 0.3) is 11.6 Å². The number of amides is 1. The van der Waals surface area contributed by atoms with Crippen LogP contribution in [0.15, 0.2) is 42.9 Å². The molecule has 22 heavy (non-hydrogen) atoms. The summed E-state index contributed by atoms with van der Waals surface area (Å²) < 4.78 is 36.7. The van der Waals surface area contributed by atoms with Crippen LogP contribution < -0.4 is 5.32 Å². The minimum absolute atomic E-state index is 0.0722. The number of aromatic nitrogens is 2. The van der Waals surface area contributed by atoms with Gasteiger partial charge in [-0.3, -0.25) is 14.8 Å². The van der Waals surface area contributed by atoms with Crippen LogP contribution in [0, 0.1) is 0 Å². The Kier molecular flexibility index (Phi) is 4.55. The first-order valence-electron chi connectivity index (χ1n) is 6.29. The van der Waals surface area contributed by atoms with Crippen LogP contribution in [0.1, 0.15) is 18.2 Å². The van der Waals surface area contributed by atoms with Gasteiger partial charge in [0.2, 0.25) is 0 Å². The number of hydrogen-bond donors (Lipinski definition) is 1. The van der Waals surface area contributed by atoms with E-state index in [0.717, 1.165) is 5.57 Å². The summed E-state index contributed by atoms with van der Waals surface area (Å²) >= 11 is 0. The highest BCUT2D eigenvalue weighted by Gasteiger charge is 2.38. The number of carbonyl (C=O) groups excluding carboxylic acids is 1. The third kappa shape index (κ3) is 4.15. The van der Waals surface area contributed by atoms with Crippen LogP contribution in [0.5, 0.6) is 0 Å². The van der Waals surface area contributed by atoms with Crippen molar-refractivity contribution in [3.05, 3.63) is 54.1 Å². The van der Waals surface area contributed by atoms with Crippen molar-refractivity contribution in [3.8, 4) is 0 Å². The average Bonchev–Trinajstić information content (AvgIpc) is 2.47. The van der Waals surface area contributed by atoms with Crippen molar-refractivity contribution >= 4 is 23.2 Å². The second kappa shape index (κ2) is 6.38. The first-order chi connectivity index (χ1) is 10.4. The van der Waals surface area contributed by atoms with Crippen molar-refractivity contribution in [2.75, 3.05) is 5.32 Å². The lowest BCUT2D eigenvalue weighted by Gasteiger charge is -2.08. The number of anilines is 1. The van der Waals surface area contributed by atoms with Gasteiger partial charge in [0.25, 0.3) is 0 Å². The molecule has 1 heterocycles. The van der Waals surface area contributed by atoms with Crippen molar-refractivity contribution in [1.29, 1.82) is 0 Å². The Morgan fingerprint density at radius 3 is 2.68 bits per heavy atom. The van der Waals surface area contributed by atoms with Crippen molar-refractivity contribution in [1.82, 2.24) is 9.97 Å². The summed E-state index contributed by atoms with van der Waals surface area (Å²) in [5.41, 5.74) is 2.17. The summed E-state index contributed by atoms with van der Waals surface area (Å²) in [5.74, 6) is -2.00. The summed E-state index contributed by atoms with van der Waals surface area (Å²) in [6, 6.07) is 6.10. The van der Waals surface area contributed by atoms with E-state index in [0.29, 0.717) is 11.3 Å². The van der Waals surface area contributed by atoms with Crippen LogP contribution in [-0.4, -0.2) is 22.1 Å². The van der Waals surface area contributed by atoms with E-state index in [2.05, 4.69) is 9.97 Å². The predicted octanol–water partition coefficient (Wildman–Crippen LogP) is 3.54. The van der Waals surface area contributed by atoms with E-state index in [1.165, 1.54) is 12.1 Å². The molecule has 2 aromatic rings. The molecule has 7 heteroatoms. The highest BCUT2D eigenvalue weighted by molar-refractivity contribution is 5.95. The molecule has 0 spiro atoms. The molecular weight excluding hydrogens is 295 g/mol. The fraction of sp³-hybridized carbons (Fsp3) is 0.133. The molecule has 0 bridgehead atoms. The van der Waals surface area contributed by atoms with Gasteiger partial charge in [0, 0.05) is 18.1 Å². The van der Waals surface area contributed by atoms with Crippen molar-refractivity contribution < 1.29 is 18.0 Å². The number of alkyl halides is 3. The van der Waals surface area contributed by atoms with Gasteiger partial charge in [0.15, 0.2) is 0 Å². The normalized spacial score (nSPS) is 12.1. The van der Waals surface area contributed by atoms with Gasteiger partial charge in [0.05, 0.1) is 11.9 Å². The molecule has 0 radical (unpaired) electrons. The Balaban J connectivity index is 2.20. The summed E-state index contributed by atoms with van der Waals surface area (Å²) in [5, 5.41) is 1.81. The number of allylic oxidation sites excluding steroid dienone is 1. The summed E-state index contributed by atoms with van der Waals surface area (Å²) in [7, 11) is 0. The van der Waals surface area contributed by atoms with Gasteiger partial charge < -0.3 is 5.32 Å². The molecule has 0 saturated heterocycles. The number of rotatable bonds is 3. The second-order valence-corrected chi connectivity index (χ2v) is 4.50. The molecule has 4 nitrogen and oxygen atoms in total. The molecule has 0 unspecified atom stereocenters. The van der Waals surface area contributed by atoms with Gasteiger partial charge in [-0.15, -0.1) is 0 Å². The number of nitrogens with one attached hydrogen (secondary N) is 1. The van der Waals surface area contributed by atoms with Crippen molar-refractivity contribution in [3.63, 3.8) is 0 Å². The third-order valence-electron chi connectivity index (χ3n) is 2.75. The Bertz CT molecular complexity index is 697. The number of halogens is 3. The average molecular weight is 307 g/mol. The maximum absolute atomic E-state index is 12.2. The molecule has 0 aliphatic carbocycles. The molecule has 1 N–H and O–H groups in total. The molecule has 1 amide bonds. The van der Waals surface area contributed by atoms with Gasteiger partial charge in [-0.2, -0.15) is 13.2 Å². The second-order valence-electron chi connectivity index (χ2n) is 4.50. The van der Waals surface area contributed by atoms with Gasteiger partial charge in [-0.05, 0) is 36.3 Å². The van der Waals surface area contributed by atoms with Gasteiger partial charge in [-0.1, -0.05) is 12.1 Å². The number of carbonyl (C=O) groups is 1. The van der Waals surface area contributed by atoms with E-state index in [-0.39, 0.29) is 5.69 Å². The maximum Gasteiger partial charge on any atom is 0.471 e. The Morgan fingerprint density at radius 2 is 2.05 bits per heavy atom. The van der Waals surface area contributed by atoms with Crippen LogP contribution in [0.3, 0.4) is 0 Å². The monoisotopic (exact) mass is 307 g/mol. The molecule has 0 saturated carbocycles. The highest BCUT2D eigenvalue weighted by atomic mass is 19.4. The van der Waals surface area contributed by atoms with Gasteiger partial charge in [-0.25, -0.2) is 0 Å². The summed E-state index contributed by atoms with van der Waals surface area (Å²) in [6.07, 6.45) is 1.51. The molecule has 0 aliphatic rings. The van der Waals surface area contributed by atoms with E-state index in [4.69, 9.17) is 0 Å². The number of benzene rings is 1. The number of nitrogens with zero attached hydrogens (tertiary/aromatic N) is 2. The smallest absolute Gasteiger partial charge is 0.318 e. The lowest BCUT2D eigenvalue weighted by molar-refractivity contribution is -0.167. The van der Waals surface area contributed by atoms with Crippen LogP contribution in [0.2, 0.25) is 0 Å². The van der Waals surface area contributed by atoms with Gasteiger partial charge >= 0.3 is 12.1 Å². The topological polar surface area (TPSA) is 54.9 Å². The van der Waals surface area contributed by atoms with Crippen molar-refractivity contribution in [2.45, 2.75) is 13.1 Å². The molecule has 114 valence electrons. The van der Waals surface area contributed by atoms with Crippen LogP contribution in [0.4, 0.5) is 18.9 Å². The van der Waals surface area contributed by atoms with E-state index in [1.54, 1.807) is 36.8 Å². The van der Waals surface area contributed by atoms with Crippen molar-refractivity contribution in [2.24, 2.45) is 0 Å². The largest absolute Gasteiger partial charge is 0.471 e. The van der Waals surface area contributed by atoms with E-state index in [1.807, 2.05) is 12.2 Å². The molecule has 1 aromatic heterocycles. The highest BCUT2D eigenvalue weighted by Crippen LogP contribution is 2.21. The summed E-state index contributed by atoms with van der Waals surface area (Å²) in [6.45, 7) is 1.81.